The number of benzene rings is 2. The van der Waals surface area contributed by atoms with Gasteiger partial charge in [0.25, 0.3) is 0 Å². The Balaban J connectivity index is 2.00. The Kier molecular flexibility index (Phi) is 6.08. The minimum absolute atomic E-state index is 0.0177. The van der Waals surface area contributed by atoms with Gasteiger partial charge in [-0.25, -0.2) is 12.8 Å². The molecule has 0 radical (unpaired) electrons. The number of carbonyl (C=O) groups excluding carboxylic acids is 1. The molecule has 0 saturated heterocycles. The second-order valence-electron chi connectivity index (χ2n) is 6.85. The third-order valence-corrected chi connectivity index (χ3v) is 5.21. The van der Waals surface area contributed by atoms with Crippen molar-refractivity contribution in [2.45, 2.75) is 19.3 Å². The zero-order valence-corrected chi connectivity index (χ0v) is 17.3. The number of aromatic nitrogens is 1. The molecule has 30 heavy (non-hydrogen) atoms. The quantitative estimate of drug-likeness (QED) is 0.599. The zero-order valence-electron chi connectivity index (χ0n) is 16.5. The van der Waals surface area contributed by atoms with Crippen LogP contribution in [0.25, 0.3) is 22.2 Å². The molecule has 2 N–H and O–H groups in total. The fourth-order valence-electron chi connectivity index (χ4n) is 3.34. The summed E-state index contributed by atoms with van der Waals surface area (Å²) in [5.74, 6) is -0.515. The Morgan fingerprint density at radius 3 is 2.57 bits per heavy atom. The first-order chi connectivity index (χ1) is 14.2. The van der Waals surface area contributed by atoms with E-state index in [1.165, 1.54) is 19.2 Å². The summed E-state index contributed by atoms with van der Waals surface area (Å²) in [6.45, 7) is 0. The summed E-state index contributed by atoms with van der Waals surface area (Å²) in [7, 11) is -2.13. The number of aromatic amines is 1. The number of halogens is 1. The van der Waals surface area contributed by atoms with Gasteiger partial charge < -0.3 is 9.72 Å². The van der Waals surface area contributed by atoms with Gasteiger partial charge in [-0.1, -0.05) is 0 Å². The number of rotatable bonds is 7. The Hall–Kier alpha value is -3.38. The third kappa shape index (κ3) is 4.78. The standard InChI is InChI=1S/C21H20FN3O4S/c1-29-19-11-18-17(10-14(19)12-23)16(4-3-5-20(26)25-30(2,27)28)21(24-18)13-6-8-15(22)9-7-13/h6-11,24H,3-5H2,1-2H3,(H,25,26). The van der Waals surface area contributed by atoms with E-state index in [1.54, 1.807) is 24.3 Å². The highest BCUT2D eigenvalue weighted by Gasteiger charge is 2.17. The molecule has 0 unspecified atom stereocenters. The van der Waals surface area contributed by atoms with Gasteiger partial charge in [0.1, 0.15) is 17.6 Å². The molecule has 156 valence electrons. The fourth-order valence-corrected chi connectivity index (χ4v) is 3.86. The second kappa shape index (κ2) is 8.55. The molecule has 3 rings (SSSR count). The normalized spacial score (nSPS) is 11.3. The summed E-state index contributed by atoms with van der Waals surface area (Å²) in [5.41, 5.74) is 3.45. The predicted molar refractivity (Wildman–Crippen MR) is 111 cm³/mol. The van der Waals surface area contributed by atoms with E-state index in [4.69, 9.17) is 4.74 Å². The number of ether oxygens (including phenoxy) is 1. The first-order valence-electron chi connectivity index (χ1n) is 9.11. The molecule has 0 aliphatic rings. The molecule has 0 bridgehead atoms. The maximum absolute atomic E-state index is 13.4. The number of hydrogen-bond donors (Lipinski definition) is 2. The van der Waals surface area contributed by atoms with Crippen molar-refractivity contribution in [1.82, 2.24) is 9.71 Å². The van der Waals surface area contributed by atoms with E-state index in [0.29, 0.717) is 24.2 Å². The number of nitrogens with zero attached hydrogens (tertiary/aromatic N) is 1. The smallest absolute Gasteiger partial charge is 0.233 e. The average molecular weight is 429 g/mol. The highest BCUT2D eigenvalue weighted by molar-refractivity contribution is 7.89. The van der Waals surface area contributed by atoms with E-state index in [1.807, 2.05) is 4.72 Å². The molecule has 1 heterocycles. The SMILES string of the molecule is COc1cc2[nH]c(-c3ccc(F)cc3)c(CCCC(=O)NS(C)(=O)=O)c2cc1C#N. The summed E-state index contributed by atoms with van der Waals surface area (Å²) < 4.78 is 43.0. The lowest BCUT2D eigenvalue weighted by molar-refractivity contribution is -0.119. The highest BCUT2D eigenvalue weighted by Crippen LogP contribution is 2.35. The van der Waals surface area contributed by atoms with Crippen LogP contribution < -0.4 is 9.46 Å². The van der Waals surface area contributed by atoms with Crippen LogP contribution in [0, 0.1) is 17.1 Å². The number of fused-ring (bicyclic) bond motifs is 1. The van der Waals surface area contributed by atoms with Crippen molar-refractivity contribution in [2.75, 3.05) is 13.4 Å². The number of hydrogen-bond acceptors (Lipinski definition) is 5. The van der Waals surface area contributed by atoms with Crippen molar-refractivity contribution in [1.29, 1.82) is 5.26 Å². The molecule has 3 aromatic rings. The van der Waals surface area contributed by atoms with Crippen molar-refractivity contribution in [3.63, 3.8) is 0 Å². The van der Waals surface area contributed by atoms with E-state index in [0.717, 1.165) is 34.0 Å². The summed E-state index contributed by atoms with van der Waals surface area (Å²) in [6, 6.07) is 11.5. The molecule has 0 fully saturated rings. The predicted octanol–water partition coefficient (Wildman–Crippen LogP) is 3.25. The minimum atomic E-state index is -3.61. The number of carbonyl (C=O) groups is 1. The fraction of sp³-hybridized carbons (Fsp3) is 0.238. The number of aryl methyl sites for hydroxylation is 1. The monoisotopic (exact) mass is 429 g/mol. The molecule has 0 aliphatic heterocycles. The van der Waals surface area contributed by atoms with Crippen LogP contribution in [0.2, 0.25) is 0 Å². The largest absolute Gasteiger partial charge is 0.495 e. The average Bonchev–Trinajstić information content (AvgIpc) is 3.03. The maximum Gasteiger partial charge on any atom is 0.233 e. The number of H-pyrrole nitrogens is 1. The molecular weight excluding hydrogens is 409 g/mol. The van der Waals surface area contributed by atoms with Gasteiger partial charge in [0, 0.05) is 29.1 Å². The van der Waals surface area contributed by atoms with E-state index >= 15 is 0 Å². The highest BCUT2D eigenvalue weighted by atomic mass is 32.2. The Morgan fingerprint density at radius 1 is 1.27 bits per heavy atom. The third-order valence-electron chi connectivity index (χ3n) is 4.61. The summed E-state index contributed by atoms with van der Waals surface area (Å²) >= 11 is 0. The summed E-state index contributed by atoms with van der Waals surface area (Å²) in [5, 5.41) is 10.2. The Labute approximate surface area is 173 Å². The molecule has 1 amide bonds. The van der Waals surface area contributed by atoms with Gasteiger partial charge in [0.2, 0.25) is 15.9 Å². The van der Waals surface area contributed by atoms with Crippen LogP contribution in [0.15, 0.2) is 36.4 Å². The van der Waals surface area contributed by atoms with Crippen molar-refractivity contribution >= 4 is 26.8 Å². The molecule has 1 aromatic heterocycles. The van der Waals surface area contributed by atoms with Crippen LogP contribution >= 0.6 is 0 Å². The van der Waals surface area contributed by atoms with Crippen molar-refractivity contribution < 1.29 is 22.3 Å². The van der Waals surface area contributed by atoms with Crippen LogP contribution in [0.3, 0.4) is 0 Å². The van der Waals surface area contributed by atoms with Gasteiger partial charge in [-0.2, -0.15) is 5.26 Å². The molecule has 9 heteroatoms. The van der Waals surface area contributed by atoms with Crippen molar-refractivity contribution in [3.05, 3.63) is 53.3 Å². The van der Waals surface area contributed by atoms with Gasteiger partial charge in [-0.3, -0.25) is 9.52 Å². The van der Waals surface area contributed by atoms with Gasteiger partial charge in [0.05, 0.1) is 18.9 Å². The number of sulfonamides is 1. The van der Waals surface area contributed by atoms with Gasteiger partial charge in [0.15, 0.2) is 0 Å². The molecule has 0 aliphatic carbocycles. The van der Waals surface area contributed by atoms with Gasteiger partial charge in [-0.05, 0) is 54.3 Å². The molecule has 0 saturated carbocycles. The van der Waals surface area contributed by atoms with E-state index in [-0.39, 0.29) is 12.2 Å². The first kappa shape index (κ1) is 21.3. The minimum Gasteiger partial charge on any atom is -0.495 e. The topological polar surface area (TPSA) is 112 Å². The van der Waals surface area contributed by atoms with E-state index < -0.39 is 15.9 Å². The maximum atomic E-state index is 13.4. The molecule has 2 aromatic carbocycles. The van der Waals surface area contributed by atoms with E-state index in [9.17, 15) is 22.9 Å². The van der Waals surface area contributed by atoms with Crippen LogP contribution in [-0.4, -0.2) is 32.7 Å². The lowest BCUT2D eigenvalue weighted by Gasteiger charge is -2.07. The number of amides is 1. The zero-order chi connectivity index (χ0) is 21.9. The van der Waals surface area contributed by atoms with Crippen LogP contribution in [-0.2, 0) is 21.2 Å². The first-order valence-corrected chi connectivity index (χ1v) is 11.0. The number of nitrogens with one attached hydrogen (secondary N) is 2. The summed E-state index contributed by atoms with van der Waals surface area (Å²) in [4.78, 5) is 15.1. The van der Waals surface area contributed by atoms with Crippen LogP contribution in [0.1, 0.15) is 24.0 Å². The lowest BCUT2D eigenvalue weighted by Crippen LogP contribution is -2.29. The molecule has 0 spiro atoms. The molecule has 0 atom stereocenters. The lowest BCUT2D eigenvalue weighted by atomic mass is 9.99. The van der Waals surface area contributed by atoms with Gasteiger partial charge >= 0.3 is 0 Å². The number of methoxy groups -OCH3 is 1. The van der Waals surface area contributed by atoms with Crippen LogP contribution in [0.5, 0.6) is 5.75 Å². The number of nitriles is 1. The second-order valence-corrected chi connectivity index (χ2v) is 8.59. The molecule has 7 nitrogen and oxygen atoms in total. The van der Waals surface area contributed by atoms with Crippen molar-refractivity contribution in [3.8, 4) is 23.1 Å². The van der Waals surface area contributed by atoms with E-state index in [2.05, 4.69) is 11.1 Å². The van der Waals surface area contributed by atoms with Crippen molar-refractivity contribution in [2.24, 2.45) is 0 Å². The van der Waals surface area contributed by atoms with Gasteiger partial charge in [-0.15, -0.1) is 0 Å². The summed E-state index contributed by atoms with van der Waals surface area (Å²) in [6.07, 6.45) is 1.77. The Morgan fingerprint density at radius 2 is 1.97 bits per heavy atom. The molecular formula is C21H20FN3O4S. The van der Waals surface area contributed by atoms with Crippen LogP contribution in [0.4, 0.5) is 4.39 Å². The Bertz CT molecular complexity index is 1240.